The van der Waals surface area contributed by atoms with Crippen LogP contribution in [0.3, 0.4) is 0 Å². The first kappa shape index (κ1) is 14.1. The molecule has 0 saturated carbocycles. The van der Waals surface area contributed by atoms with Crippen LogP contribution in [0.15, 0.2) is 11.1 Å². The van der Waals surface area contributed by atoms with Gasteiger partial charge in [-0.25, -0.2) is 0 Å². The van der Waals surface area contributed by atoms with E-state index in [0.29, 0.717) is 13.0 Å². The quantitative estimate of drug-likeness (QED) is 0.724. The third kappa shape index (κ3) is 3.80. The number of amides is 2. The third-order valence-electron chi connectivity index (χ3n) is 3.88. The predicted octanol–water partition coefficient (Wildman–Crippen LogP) is 0.425. The number of likely N-dealkylation sites (tertiary alicyclic amines) is 1. The lowest BCUT2D eigenvalue weighted by molar-refractivity contribution is -0.132. The SMILES string of the molecule is CC(C(=O)NCCC(=O)N1CCCCC1)=C1CNC1. The Morgan fingerprint density at radius 1 is 1.21 bits per heavy atom. The molecule has 2 saturated heterocycles. The second-order valence-corrected chi connectivity index (χ2v) is 5.28. The van der Waals surface area contributed by atoms with Gasteiger partial charge in [0.2, 0.25) is 11.8 Å². The normalized spacial score (nSPS) is 18.8. The Morgan fingerprint density at radius 2 is 1.89 bits per heavy atom. The van der Waals surface area contributed by atoms with E-state index >= 15 is 0 Å². The Balaban J connectivity index is 1.68. The van der Waals surface area contributed by atoms with Crippen LogP contribution in [0, 0.1) is 0 Å². The Hall–Kier alpha value is -1.36. The molecule has 0 spiro atoms. The molecule has 2 rings (SSSR count). The van der Waals surface area contributed by atoms with Crippen molar-refractivity contribution >= 4 is 11.8 Å². The molecule has 2 amide bonds. The van der Waals surface area contributed by atoms with Crippen LogP contribution in [-0.2, 0) is 9.59 Å². The molecule has 0 aliphatic carbocycles. The van der Waals surface area contributed by atoms with Gasteiger partial charge < -0.3 is 15.5 Å². The summed E-state index contributed by atoms with van der Waals surface area (Å²) in [5, 5.41) is 5.95. The average molecular weight is 265 g/mol. The van der Waals surface area contributed by atoms with Gasteiger partial charge in [-0.05, 0) is 31.8 Å². The van der Waals surface area contributed by atoms with Gasteiger partial charge in [0.25, 0.3) is 0 Å². The highest BCUT2D eigenvalue weighted by atomic mass is 16.2. The summed E-state index contributed by atoms with van der Waals surface area (Å²) in [7, 11) is 0. The van der Waals surface area contributed by atoms with Crippen LogP contribution in [0.5, 0.6) is 0 Å². The summed E-state index contributed by atoms with van der Waals surface area (Å²) in [5.74, 6) is 0.124. The summed E-state index contributed by atoms with van der Waals surface area (Å²) in [6.45, 7) is 5.66. The summed E-state index contributed by atoms with van der Waals surface area (Å²) in [6, 6.07) is 0. The van der Waals surface area contributed by atoms with Crippen LogP contribution in [-0.4, -0.2) is 49.4 Å². The fourth-order valence-electron chi connectivity index (χ4n) is 2.39. The summed E-state index contributed by atoms with van der Waals surface area (Å²) in [6.07, 6.45) is 3.85. The smallest absolute Gasteiger partial charge is 0.246 e. The number of nitrogens with zero attached hydrogens (tertiary/aromatic N) is 1. The Kier molecular flexibility index (Phi) is 4.96. The van der Waals surface area contributed by atoms with E-state index in [4.69, 9.17) is 0 Å². The first-order chi connectivity index (χ1) is 9.18. The van der Waals surface area contributed by atoms with Gasteiger partial charge in [0, 0.05) is 44.7 Å². The van der Waals surface area contributed by atoms with Crippen LogP contribution in [0.2, 0.25) is 0 Å². The first-order valence-electron chi connectivity index (χ1n) is 7.14. The van der Waals surface area contributed by atoms with Gasteiger partial charge in [-0.15, -0.1) is 0 Å². The first-order valence-corrected chi connectivity index (χ1v) is 7.14. The molecule has 0 aromatic heterocycles. The van der Waals surface area contributed by atoms with Gasteiger partial charge in [0.1, 0.15) is 0 Å². The van der Waals surface area contributed by atoms with E-state index in [-0.39, 0.29) is 11.8 Å². The van der Waals surface area contributed by atoms with E-state index in [2.05, 4.69) is 10.6 Å². The van der Waals surface area contributed by atoms with Gasteiger partial charge in [-0.2, -0.15) is 0 Å². The maximum absolute atomic E-state index is 11.9. The lowest BCUT2D eigenvalue weighted by Gasteiger charge is -2.26. The molecule has 2 heterocycles. The van der Waals surface area contributed by atoms with Crippen molar-refractivity contribution in [1.82, 2.24) is 15.5 Å². The maximum atomic E-state index is 11.9. The van der Waals surface area contributed by atoms with Crippen molar-refractivity contribution in [3.05, 3.63) is 11.1 Å². The molecular formula is C14H23N3O2. The zero-order valence-electron chi connectivity index (χ0n) is 11.6. The molecule has 5 nitrogen and oxygen atoms in total. The summed E-state index contributed by atoms with van der Waals surface area (Å²) < 4.78 is 0. The summed E-state index contributed by atoms with van der Waals surface area (Å²) >= 11 is 0. The van der Waals surface area contributed by atoms with Crippen molar-refractivity contribution in [2.75, 3.05) is 32.7 Å². The Labute approximate surface area is 114 Å². The minimum atomic E-state index is -0.0389. The van der Waals surface area contributed by atoms with Gasteiger partial charge in [-0.3, -0.25) is 9.59 Å². The molecular weight excluding hydrogens is 242 g/mol. The van der Waals surface area contributed by atoms with Crippen LogP contribution < -0.4 is 10.6 Å². The Morgan fingerprint density at radius 3 is 2.47 bits per heavy atom. The van der Waals surface area contributed by atoms with E-state index < -0.39 is 0 Å². The van der Waals surface area contributed by atoms with Crippen molar-refractivity contribution in [3.63, 3.8) is 0 Å². The van der Waals surface area contributed by atoms with Crippen molar-refractivity contribution in [3.8, 4) is 0 Å². The molecule has 2 N–H and O–H groups in total. The molecule has 0 aromatic carbocycles. The van der Waals surface area contributed by atoms with Crippen LogP contribution in [0.1, 0.15) is 32.6 Å². The van der Waals surface area contributed by atoms with Gasteiger partial charge in [0.05, 0.1) is 0 Å². The predicted molar refractivity (Wildman–Crippen MR) is 73.6 cm³/mol. The number of piperidine rings is 1. The van der Waals surface area contributed by atoms with Crippen molar-refractivity contribution in [2.45, 2.75) is 32.6 Å². The zero-order valence-corrected chi connectivity index (χ0v) is 11.6. The van der Waals surface area contributed by atoms with Crippen molar-refractivity contribution in [2.24, 2.45) is 0 Å². The monoisotopic (exact) mass is 265 g/mol. The second-order valence-electron chi connectivity index (χ2n) is 5.28. The maximum Gasteiger partial charge on any atom is 0.246 e. The third-order valence-corrected chi connectivity index (χ3v) is 3.88. The van der Waals surface area contributed by atoms with Gasteiger partial charge >= 0.3 is 0 Å². The molecule has 106 valence electrons. The molecule has 5 heteroatoms. The van der Waals surface area contributed by atoms with E-state index in [0.717, 1.165) is 44.6 Å². The van der Waals surface area contributed by atoms with Crippen molar-refractivity contribution in [1.29, 1.82) is 0 Å². The molecule has 2 aliphatic rings. The molecule has 0 unspecified atom stereocenters. The second kappa shape index (κ2) is 6.70. The molecule has 0 radical (unpaired) electrons. The highest BCUT2D eigenvalue weighted by molar-refractivity contribution is 5.94. The molecule has 2 fully saturated rings. The fourth-order valence-corrected chi connectivity index (χ4v) is 2.39. The largest absolute Gasteiger partial charge is 0.352 e. The van der Waals surface area contributed by atoms with Crippen LogP contribution in [0.25, 0.3) is 0 Å². The molecule has 2 aliphatic heterocycles. The topological polar surface area (TPSA) is 61.4 Å². The number of nitrogens with one attached hydrogen (secondary N) is 2. The highest BCUT2D eigenvalue weighted by Crippen LogP contribution is 2.10. The molecule has 0 bridgehead atoms. The van der Waals surface area contributed by atoms with Crippen LogP contribution >= 0.6 is 0 Å². The number of rotatable bonds is 4. The van der Waals surface area contributed by atoms with E-state index in [9.17, 15) is 9.59 Å². The molecule has 19 heavy (non-hydrogen) atoms. The van der Waals surface area contributed by atoms with E-state index in [1.807, 2.05) is 11.8 Å². The minimum Gasteiger partial charge on any atom is -0.352 e. The number of hydrogen-bond acceptors (Lipinski definition) is 3. The lowest BCUT2D eigenvalue weighted by atomic mass is 10.0. The van der Waals surface area contributed by atoms with E-state index in [1.165, 1.54) is 12.0 Å². The van der Waals surface area contributed by atoms with Crippen LogP contribution in [0.4, 0.5) is 0 Å². The van der Waals surface area contributed by atoms with Gasteiger partial charge in [0.15, 0.2) is 0 Å². The van der Waals surface area contributed by atoms with E-state index in [1.54, 1.807) is 0 Å². The molecule has 0 aromatic rings. The van der Waals surface area contributed by atoms with Gasteiger partial charge in [-0.1, -0.05) is 0 Å². The number of hydrogen-bond donors (Lipinski definition) is 2. The van der Waals surface area contributed by atoms with Crippen molar-refractivity contribution < 1.29 is 9.59 Å². The standard InChI is InChI=1S/C14H23N3O2/c1-11(12-9-15-10-12)14(19)16-6-5-13(18)17-7-3-2-4-8-17/h15H,2-10H2,1H3,(H,16,19). The summed E-state index contributed by atoms with van der Waals surface area (Å²) in [4.78, 5) is 25.6. The zero-order chi connectivity index (χ0) is 13.7. The summed E-state index contributed by atoms with van der Waals surface area (Å²) in [5.41, 5.74) is 1.96. The minimum absolute atomic E-state index is 0.0389. The fraction of sp³-hybridized carbons (Fsp3) is 0.714. The molecule has 0 atom stereocenters. The Bertz CT molecular complexity index is 378. The average Bonchev–Trinajstić information content (AvgIpc) is 2.37. The highest BCUT2D eigenvalue weighted by Gasteiger charge is 2.18. The number of carbonyl (C=O) groups is 2. The number of carbonyl (C=O) groups excluding carboxylic acids is 2. The lowest BCUT2D eigenvalue weighted by Crippen LogP contribution is -2.39.